The molecule has 6 nitrogen and oxygen atoms in total. The third-order valence-electron chi connectivity index (χ3n) is 4.34. The Kier molecular flexibility index (Phi) is 5.76. The highest BCUT2D eigenvalue weighted by Crippen LogP contribution is 2.43. The first-order chi connectivity index (χ1) is 12.8. The van der Waals surface area contributed by atoms with Crippen LogP contribution in [0.2, 0.25) is 0 Å². The molecule has 0 amide bonds. The maximum absolute atomic E-state index is 13.0. The van der Waals surface area contributed by atoms with Gasteiger partial charge in [-0.2, -0.15) is 0 Å². The van der Waals surface area contributed by atoms with E-state index in [-0.39, 0.29) is 5.56 Å². The molecule has 0 aromatic carbocycles. The summed E-state index contributed by atoms with van der Waals surface area (Å²) in [6.45, 7) is 8.03. The van der Waals surface area contributed by atoms with E-state index in [1.54, 1.807) is 0 Å². The topological polar surface area (TPSA) is 84.1 Å². The normalized spacial score (nSPS) is 16.3. The molecule has 0 saturated carbocycles. The minimum atomic E-state index is -0.492. The number of H-pyrrole nitrogens is 1. The van der Waals surface area contributed by atoms with Gasteiger partial charge >= 0.3 is 5.97 Å². The minimum absolute atomic E-state index is 0.231. The van der Waals surface area contributed by atoms with Crippen LogP contribution in [0, 0.1) is 12.8 Å². The van der Waals surface area contributed by atoms with Crippen molar-refractivity contribution in [3.8, 4) is 0 Å². The largest absolute Gasteiger partial charge is 0.466 e. The second-order valence-electron chi connectivity index (χ2n) is 6.89. The number of allylic oxidation sites excluding steroid dienone is 1. The lowest BCUT2D eigenvalue weighted by Crippen LogP contribution is -2.30. The fraction of sp³-hybridized carbons (Fsp3) is 0.421. The zero-order valence-corrected chi connectivity index (χ0v) is 17.6. The molecule has 3 heterocycles. The molecular formula is C19H23N3O3S2. The van der Waals surface area contributed by atoms with Crippen molar-refractivity contribution in [1.29, 1.82) is 0 Å². The van der Waals surface area contributed by atoms with Crippen LogP contribution in [0.3, 0.4) is 0 Å². The zero-order valence-electron chi connectivity index (χ0n) is 16.0. The fourth-order valence-corrected chi connectivity index (χ4v) is 4.92. The summed E-state index contributed by atoms with van der Waals surface area (Å²) in [7, 11) is 1.35. The number of hydrogen-bond acceptors (Lipinski definition) is 7. The zero-order chi connectivity index (χ0) is 19.7. The predicted molar refractivity (Wildman–Crippen MR) is 110 cm³/mol. The maximum Gasteiger partial charge on any atom is 0.336 e. The number of aromatic amines is 1. The second-order valence-corrected chi connectivity index (χ2v) is 8.85. The highest BCUT2D eigenvalue weighted by atomic mass is 32.2. The molecule has 2 aromatic rings. The Labute approximate surface area is 166 Å². The van der Waals surface area contributed by atoms with Crippen molar-refractivity contribution in [2.45, 2.75) is 38.8 Å². The standard InChI is InChI=1S/C19H23N3O3S2/c1-9(2)8-27-19-21-16-14(17(23)22-19)13(15-10(3)6-7-26-15)12(11(4)20-16)18(24)25-5/h6-7,9,13H,8H2,1-5H3,(H2,20,21,22,23)/t13-/m1/s1. The number of aryl methyl sites for hydroxylation is 1. The highest BCUT2D eigenvalue weighted by Gasteiger charge is 2.37. The number of rotatable bonds is 5. The first kappa shape index (κ1) is 19.7. The molecule has 0 spiro atoms. The lowest BCUT2D eigenvalue weighted by molar-refractivity contribution is -0.136. The Morgan fingerprint density at radius 2 is 2.15 bits per heavy atom. The third-order valence-corrected chi connectivity index (χ3v) is 6.73. The van der Waals surface area contributed by atoms with E-state index < -0.39 is 11.9 Å². The Morgan fingerprint density at radius 3 is 2.74 bits per heavy atom. The van der Waals surface area contributed by atoms with Gasteiger partial charge < -0.3 is 15.0 Å². The van der Waals surface area contributed by atoms with Gasteiger partial charge in [-0.3, -0.25) is 4.79 Å². The molecular weight excluding hydrogens is 382 g/mol. The number of carbonyl (C=O) groups excluding carboxylic acids is 1. The van der Waals surface area contributed by atoms with Gasteiger partial charge in [0.05, 0.1) is 24.2 Å². The van der Waals surface area contributed by atoms with Crippen LogP contribution in [0.15, 0.2) is 32.7 Å². The number of methoxy groups -OCH3 is 1. The van der Waals surface area contributed by atoms with Crippen LogP contribution in [-0.2, 0) is 9.53 Å². The quantitative estimate of drug-likeness (QED) is 0.446. The molecule has 8 heteroatoms. The molecule has 0 bridgehead atoms. The average Bonchev–Trinajstić information content (AvgIpc) is 3.03. The molecule has 1 atom stereocenters. The van der Waals surface area contributed by atoms with Crippen molar-refractivity contribution in [2.75, 3.05) is 18.2 Å². The average molecular weight is 406 g/mol. The molecule has 144 valence electrons. The summed E-state index contributed by atoms with van der Waals surface area (Å²) in [4.78, 5) is 34.0. The Morgan fingerprint density at radius 1 is 1.41 bits per heavy atom. The van der Waals surface area contributed by atoms with Crippen LogP contribution in [0.4, 0.5) is 5.82 Å². The predicted octanol–water partition coefficient (Wildman–Crippen LogP) is 3.89. The van der Waals surface area contributed by atoms with E-state index in [9.17, 15) is 9.59 Å². The number of thiophene rings is 1. The highest BCUT2D eigenvalue weighted by molar-refractivity contribution is 7.99. The number of hydrogen-bond donors (Lipinski definition) is 2. The van der Waals surface area contributed by atoms with Gasteiger partial charge in [0.25, 0.3) is 5.56 Å². The molecule has 0 saturated heterocycles. The van der Waals surface area contributed by atoms with Crippen LogP contribution in [0.1, 0.15) is 42.7 Å². The van der Waals surface area contributed by atoms with Crippen molar-refractivity contribution < 1.29 is 9.53 Å². The first-order valence-corrected chi connectivity index (χ1v) is 10.6. The number of ether oxygens (including phenoxy) is 1. The number of esters is 1. The lowest BCUT2D eigenvalue weighted by Gasteiger charge is -2.28. The number of aromatic nitrogens is 2. The molecule has 0 radical (unpaired) electrons. The molecule has 2 aromatic heterocycles. The van der Waals surface area contributed by atoms with Crippen molar-refractivity contribution >= 4 is 34.9 Å². The Balaban J connectivity index is 2.17. The van der Waals surface area contributed by atoms with Crippen molar-refractivity contribution in [1.82, 2.24) is 9.97 Å². The van der Waals surface area contributed by atoms with Gasteiger partial charge in [-0.15, -0.1) is 11.3 Å². The Bertz CT molecular complexity index is 959. The van der Waals surface area contributed by atoms with Crippen LogP contribution in [0.5, 0.6) is 0 Å². The number of carbonyl (C=O) groups is 1. The van der Waals surface area contributed by atoms with E-state index in [1.165, 1.54) is 30.2 Å². The minimum Gasteiger partial charge on any atom is -0.466 e. The van der Waals surface area contributed by atoms with Gasteiger partial charge in [-0.25, -0.2) is 9.78 Å². The van der Waals surface area contributed by atoms with E-state index in [4.69, 9.17) is 4.74 Å². The van der Waals surface area contributed by atoms with Gasteiger partial charge in [-0.05, 0) is 36.8 Å². The summed E-state index contributed by atoms with van der Waals surface area (Å²) >= 11 is 3.04. The van der Waals surface area contributed by atoms with Gasteiger partial charge in [0.1, 0.15) is 5.82 Å². The smallest absolute Gasteiger partial charge is 0.336 e. The van der Waals surface area contributed by atoms with Crippen LogP contribution >= 0.6 is 23.1 Å². The van der Waals surface area contributed by atoms with E-state index in [1.807, 2.05) is 25.3 Å². The molecule has 0 unspecified atom stereocenters. The summed E-state index contributed by atoms with van der Waals surface area (Å²) in [5.74, 6) is 0.916. The van der Waals surface area contributed by atoms with Gasteiger partial charge in [0.15, 0.2) is 5.16 Å². The number of nitrogens with one attached hydrogen (secondary N) is 2. The third kappa shape index (κ3) is 3.82. The second kappa shape index (κ2) is 7.90. The number of nitrogens with zero attached hydrogens (tertiary/aromatic N) is 1. The molecule has 0 fully saturated rings. The van der Waals surface area contributed by atoms with Crippen molar-refractivity contribution in [2.24, 2.45) is 5.92 Å². The van der Waals surface area contributed by atoms with Gasteiger partial charge in [0, 0.05) is 16.3 Å². The van der Waals surface area contributed by atoms with Gasteiger partial charge in [-0.1, -0.05) is 25.6 Å². The Hall–Kier alpha value is -2.06. The van der Waals surface area contributed by atoms with Gasteiger partial charge in [0.2, 0.25) is 0 Å². The van der Waals surface area contributed by atoms with E-state index in [0.717, 1.165) is 16.2 Å². The lowest BCUT2D eigenvalue weighted by atomic mass is 9.85. The SMILES string of the molecule is COC(=O)C1=C(C)Nc2nc(SCC(C)C)[nH]c(=O)c2[C@@H]1c1sccc1C. The molecule has 1 aliphatic heterocycles. The monoisotopic (exact) mass is 405 g/mol. The number of thioether (sulfide) groups is 1. The van der Waals surface area contributed by atoms with E-state index >= 15 is 0 Å². The molecule has 3 rings (SSSR count). The van der Waals surface area contributed by atoms with Crippen LogP contribution in [-0.4, -0.2) is 28.8 Å². The summed E-state index contributed by atoms with van der Waals surface area (Å²) in [5.41, 5.74) is 2.37. The molecule has 0 aliphatic carbocycles. The van der Waals surface area contributed by atoms with E-state index in [0.29, 0.717) is 33.7 Å². The summed E-state index contributed by atoms with van der Waals surface area (Å²) in [6.07, 6.45) is 0. The molecule has 2 N–H and O–H groups in total. The summed E-state index contributed by atoms with van der Waals surface area (Å²) in [6, 6.07) is 1.99. The van der Waals surface area contributed by atoms with Crippen molar-refractivity contribution in [3.05, 3.63) is 49.1 Å². The number of fused-ring (bicyclic) bond motifs is 1. The molecule has 1 aliphatic rings. The number of anilines is 1. The summed E-state index contributed by atoms with van der Waals surface area (Å²) in [5, 5.41) is 5.69. The maximum atomic E-state index is 13.0. The summed E-state index contributed by atoms with van der Waals surface area (Å²) < 4.78 is 5.00. The van der Waals surface area contributed by atoms with Crippen molar-refractivity contribution in [3.63, 3.8) is 0 Å². The van der Waals surface area contributed by atoms with E-state index in [2.05, 4.69) is 29.1 Å². The fourth-order valence-electron chi connectivity index (χ4n) is 3.07. The molecule has 27 heavy (non-hydrogen) atoms. The first-order valence-electron chi connectivity index (χ1n) is 8.70. The van der Waals surface area contributed by atoms with Crippen LogP contribution < -0.4 is 10.9 Å². The van der Waals surface area contributed by atoms with Crippen LogP contribution in [0.25, 0.3) is 0 Å².